The predicted molar refractivity (Wildman–Crippen MR) is 128 cm³/mol. The Morgan fingerprint density at radius 1 is 1.21 bits per heavy atom. The van der Waals surface area contributed by atoms with Crippen LogP contribution in [0.25, 0.3) is 0 Å². The zero-order valence-electron chi connectivity index (χ0n) is 17.7. The Balaban J connectivity index is 1.71. The number of carbonyl (C=O) groups is 1. The second-order valence-corrected chi connectivity index (χ2v) is 10.8. The third kappa shape index (κ3) is 4.74. The number of oxime groups is 1. The standard InChI is InChI=1S/C22H21Cl2F3N2O2S2/c1-32-7-6-28-20(30)19-16-5-3-2-4-15(16)18(33-19)17-11-21(31-29-17,22(25,26)27)12-8-13(23)10-14(24)9-12/h8-10H,2-7,11H2,1H3,(H,28,30)/t21-/m1/s1. The first kappa shape index (κ1) is 24.7. The lowest BCUT2D eigenvalue weighted by Crippen LogP contribution is -2.42. The molecule has 2 aromatic rings. The number of nitrogens with zero attached hydrogens (tertiary/aromatic N) is 1. The fourth-order valence-electron chi connectivity index (χ4n) is 4.21. The number of rotatable bonds is 6. The number of halogens is 5. The first-order valence-electron chi connectivity index (χ1n) is 10.4. The van der Waals surface area contributed by atoms with Crippen LogP contribution in [0.2, 0.25) is 10.0 Å². The van der Waals surface area contributed by atoms with Crippen molar-refractivity contribution in [2.24, 2.45) is 5.16 Å². The normalized spacial score (nSPS) is 20.2. The van der Waals surface area contributed by atoms with Crippen molar-refractivity contribution >= 4 is 57.9 Å². The molecular weight excluding hydrogens is 516 g/mol. The molecule has 1 aliphatic heterocycles. The van der Waals surface area contributed by atoms with Crippen LogP contribution < -0.4 is 5.32 Å². The summed E-state index contributed by atoms with van der Waals surface area (Å²) < 4.78 is 43.1. The number of fused-ring (bicyclic) bond motifs is 1. The monoisotopic (exact) mass is 536 g/mol. The van der Waals surface area contributed by atoms with Crippen LogP contribution in [0.1, 0.15) is 50.5 Å². The van der Waals surface area contributed by atoms with Crippen LogP contribution in [0.4, 0.5) is 13.2 Å². The molecule has 1 aromatic heterocycles. The van der Waals surface area contributed by atoms with E-state index in [9.17, 15) is 18.0 Å². The van der Waals surface area contributed by atoms with Gasteiger partial charge < -0.3 is 10.2 Å². The first-order valence-corrected chi connectivity index (χ1v) is 13.3. The van der Waals surface area contributed by atoms with Crippen LogP contribution in [-0.2, 0) is 23.3 Å². The number of thioether (sulfide) groups is 1. The minimum absolute atomic E-state index is 0.0795. The molecule has 4 rings (SSSR count). The van der Waals surface area contributed by atoms with Crippen molar-refractivity contribution in [3.63, 3.8) is 0 Å². The molecule has 1 amide bonds. The maximum Gasteiger partial charge on any atom is 0.435 e. The van der Waals surface area contributed by atoms with Crippen molar-refractivity contribution in [3.8, 4) is 0 Å². The Hall–Kier alpha value is -1.42. The van der Waals surface area contributed by atoms with Crippen molar-refractivity contribution in [2.75, 3.05) is 18.6 Å². The molecule has 1 atom stereocenters. The molecule has 0 unspecified atom stereocenters. The molecule has 0 spiro atoms. The Morgan fingerprint density at radius 3 is 2.52 bits per heavy atom. The van der Waals surface area contributed by atoms with E-state index in [2.05, 4.69) is 10.5 Å². The largest absolute Gasteiger partial charge is 0.435 e. The van der Waals surface area contributed by atoms with Crippen LogP contribution in [0.5, 0.6) is 0 Å². The van der Waals surface area contributed by atoms with Crippen molar-refractivity contribution < 1.29 is 22.8 Å². The fraction of sp³-hybridized carbons (Fsp3) is 0.455. The third-order valence-corrected chi connectivity index (χ3v) is 8.17. The van der Waals surface area contributed by atoms with Gasteiger partial charge in [0.05, 0.1) is 16.2 Å². The average molecular weight is 537 g/mol. The summed E-state index contributed by atoms with van der Waals surface area (Å²) in [4.78, 5) is 19.1. The number of carbonyl (C=O) groups excluding carboxylic acids is 1. The van der Waals surface area contributed by atoms with E-state index >= 15 is 0 Å². The number of thiophene rings is 1. The summed E-state index contributed by atoms with van der Waals surface area (Å²) in [5, 5.41) is 6.97. The minimum atomic E-state index is -4.76. The van der Waals surface area contributed by atoms with E-state index in [1.165, 1.54) is 29.5 Å². The van der Waals surface area contributed by atoms with Crippen molar-refractivity contribution in [1.29, 1.82) is 0 Å². The van der Waals surface area contributed by atoms with Crippen LogP contribution in [0.3, 0.4) is 0 Å². The van der Waals surface area contributed by atoms with Crippen LogP contribution in [0.15, 0.2) is 23.4 Å². The number of amides is 1. The lowest BCUT2D eigenvalue weighted by Gasteiger charge is -2.29. The molecule has 2 aliphatic rings. The molecule has 4 nitrogen and oxygen atoms in total. The molecule has 11 heteroatoms. The quantitative estimate of drug-likeness (QED) is 0.422. The zero-order valence-corrected chi connectivity index (χ0v) is 20.8. The topological polar surface area (TPSA) is 50.7 Å². The first-order chi connectivity index (χ1) is 15.7. The minimum Gasteiger partial charge on any atom is -0.374 e. The molecule has 33 heavy (non-hydrogen) atoms. The van der Waals surface area contributed by atoms with Crippen LogP contribution in [-0.4, -0.2) is 36.3 Å². The number of hydrogen-bond acceptors (Lipinski definition) is 5. The number of nitrogens with one attached hydrogen (secondary N) is 1. The van der Waals surface area contributed by atoms with Gasteiger partial charge in [-0.25, -0.2) is 0 Å². The molecule has 0 fully saturated rings. The van der Waals surface area contributed by atoms with E-state index in [0.717, 1.165) is 36.1 Å². The van der Waals surface area contributed by atoms with E-state index in [-0.39, 0.29) is 27.2 Å². The van der Waals surface area contributed by atoms with Gasteiger partial charge >= 0.3 is 6.18 Å². The van der Waals surface area contributed by atoms with Gasteiger partial charge in [0.1, 0.15) is 5.71 Å². The Bertz CT molecular complexity index is 1080. The second-order valence-electron chi connectivity index (χ2n) is 7.96. The van der Waals surface area contributed by atoms with Gasteiger partial charge in [-0.05, 0) is 61.3 Å². The van der Waals surface area contributed by atoms with Crippen molar-refractivity contribution in [3.05, 3.63) is 54.7 Å². The number of hydrogen-bond donors (Lipinski definition) is 1. The molecule has 0 saturated carbocycles. The molecule has 0 saturated heterocycles. The van der Waals surface area contributed by atoms with Crippen molar-refractivity contribution in [1.82, 2.24) is 5.32 Å². The van der Waals surface area contributed by atoms with Gasteiger partial charge in [-0.2, -0.15) is 24.9 Å². The SMILES string of the molecule is CSCCNC(=O)c1sc(C2=NO[C@](c3cc(Cl)cc(Cl)c3)(C(F)(F)F)C2)c2c1CCCC2. The summed E-state index contributed by atoms with van der Waals surface area (Å²) >= 11 is 14.8. The highest BCUT2D eigenvalue weighted by molar-refractivity contribution is 7.98. The van der Waals surface area contributed by atoms with Gasteiger partial charge in [0, 0.05) is 27.9 Å². The lowest BCUT2D eigenvalue weighted by molar-refractivity contribution is -0.275. The average Bonchev–Trinajstić information content (AvgIpc) is 3.36. The molecule has 178 valence electrons. The van der Waals surface area contributed by atoms with E-state index in [1.54, 1.807) is 11.8 Å². The Labute approximate surface area is 207 Å². The highest BCUT2D eigenvalue weighted by atomic mass is 35.5. The van der Waals surface area contributed by atoms with Gasteiger partial charge in [-0.15, -0.1) is 11.3 Å². The molecule has 1 aromatic carbocycles. The molecular formula is C22H21Cl2F3N2O2S2. The van der Waals surface area contributed by atoms with Gasteiger partial charge in [-0.3, -0.25) is 4.79 Å². The van der Waals surface area contributed by atoms with Gasteiger partial charge in [-0.1, -0.05) is 28.4 Å². The number of benzene rings is 1. The molecule has 2 heterocycles. The van der Waals surface area contributed by atoms with E-state index < -0.39 is 18.2 Å². The van der Waals surface area contributed by atoms with E-state index in [4.69, 9.17) is 28.0 Å². The molecule has 1 N–H and O–H groups in total. The fourth-order valence-corrected chi connectivity index (χ4v) is 6.33. The van der Waals surface area contributed by atoms with Gasteiger partial charge in [0.25, 0.3) is 11.5 Å². The lowest BCUT2D eigenvalue weighted by atomic mass is 9.85. The molecule has 0 bridgehead atoms. The third-order valence-electron chi connectivity index (χ3n) is 5.80. The summed E-state index contributed by atoms with van der Waals surface area (Å²) in [6.45, 7) is 0.527. The Morgan fingerprint density at radius 2 is 1.88 bits per heavy atom. The Kier molecular flexibility index (Phi) is 7.24. The summed E-state index contributed by atoms with van der Waals surface area (Å²) in [6, 6.07) is 3.77. The van der Waals surface area contributed by atoms with Gasteiger partial charge in [0.15, 0.2) is 0 Å². The maximum atomic E-state index is 14.4. The second kappa shape index (κ2) is 9.68. The number of alkyl halides is 3. The van der Waals surface area contributed by atoms with Gasteiger partial charge in [0.2, 0.25) is 0 Å². The van der Waals surface area contributed by atoms with Crippen molar-refractivity contribution in [2.45, 2.75) is 43.9 Å². The van der Waals surface area contributed by atoms with Crippen LogP contribution in [0, 0.1) is 0 Å². The summed E-state index contributed by atoms with van der Waals surface area (Å²) in [7, 11) is 0. The van der Waals surface area contributed by atoms with E-state index in [0.29, 0.717) is 22.7 Å². The highest BCUT2D eigenvalue weighted by Gasteiger charge is 2.62. The van der Waals surface area contributed by atoms with E-state index in [1.807, 2.05) is 6.26 Å². The smallest absolute Gasteiger partial charge is 0.374 e. The molecule has 0 radical (unpaired) electrons. The molecule has 1 aliphatic carbocycles. The maximum absolute atomic E-state index is 14.4. The summed E-state index contributed by atoms with van der Waals surface area (Å²) in [5.41, 5.74) is -0.878. The summed E-state index contributed by atoms with van der Waals surface area (Å²) in [5.74, 6) is 0.588. The zero-order chi connectivity index (χ0) is 23.8. The van der Waals surface area contributed by atoms with Crippen LogP contribution >= 0.6 is 46.3 Å². The predicted octanol–water partition coefficient (Wildman–Crippen LogP) is 6.61. The highest BCUT2D eigenvalue weighted by Crippen LogP contribution is 2.51. The summed E-state index contributed by atoms with van der Waals surface area (Å²) in [6.07, 6.45) is -0.0674.